The van der Waals surface area contributed by atoms with E-state index in [4.69, 9.17) is 0 Å². The minimum absolute atomic E-state index is 0.0114. The number of nitrogens with one attached hydrogen (secondary N) is 9. The highest BCUT2D eigenvalue weighted by Gasteiger charge is 2.57. The average Bonchev–Trinajstić information content (AvgIpc) is 3.86. The third-order valence-corrected chi connectivity index (χ3v) is 17.3. The lowest BCUT2D eigenvalue weighted by atomic mass is 9.76. The van der Waals surface area contributed by atoms with Gasteiger partial charge in [0.2, 0.25) is 10.0 Å². The van der Waals surface area contributed by atoms with E-state index in [0.717, 1.165) is 32.2 Å². The predicted octanol–water partition coefficient (Wildman–Crippen LogP) is 1.46. The first-order chi connectivity index (χ1) is 24.3. The van der Waals surface area contributed by atoms with Crippen LogP contribution in [0.1, 0.15) is 103 Å². The molecule has 0 spiro atoms. The van der Waals surface area contributed by atoms with Crippen LogP contribution in [-0.4, -0.2) is 95.1 Å². The Morgan fingerprint density at radius 3 is 1.20 bits per heavy atom. The second-order valence-electron chi connectivity index (χ2n) is 18.3. The third-order valence-electron chi connectivity index (χ3n) is 15.3. The molecule has 0 amide bonds. The summed E-state index contributed by atoms with van der Waals surface area (Å²) < 4.78 is 31.4. The number of hydrogen-bond donors (Lipinski definition) is 9. The molecule has 4 aliphatic carbocycles. The van der Waals surface area contributed by atoms with Gasteiger partial charge in [0, 0.05) is 12.5 Å². The van der Waals surface area contributed by atoms with Crippen LogP contribution in [0.15, 0.2) is 0 Å². The molecule has 9 N–H and O–H groups in total. The SMILES string of the molecule is CN(C)CCCNS(=O)(=O)C1CCCC2C3NC4NC(NC5NC(NC6NC(NC(N3)C21)C1CCCCC61)C1CCCCC51)C1CCCCC41. The number of hydrogen-bond acceptors (Lipinski definition) is 11. The maximum Gasteiger partial charge on any atom is 0.214 e. The standard InChI is InChI=1S/C37H68N10O2S/c1-47(2)20-10-19-38-50(48,49)28-18-9-17-27-29(28)37-45-35-26-16-8-7-15-25(26)33(43-35)41-31-22-12-4-3-11-21(22)30(39-31)40-32-23-13-5-6-14-24(23)34(42-32)44-36(27)46-37/h21-46H,3-20H2,1-2H3. The highest BCUT2D eigenvalue weighted by Crippen LogP contribution is 2.46. The fourth-order valence-corrected chi connectivity index (χ4v) is 15.0. The first-order valence-electron chi connectivity index (χ1n) is 21.1. The monoisotopic (exact) mass is 717 g/mol. The fraction of sp³-hybridized carbons (Fsp3) is 1.00. The van der Waals surface area contributed by atoms with Gasteiger partial charge < -0.3 is 4.90 Å². The topological polar surface area (TPSA) is 146 Å². The number of nitrogens with zero attached hydrogens (tertiary/aromatic N) is 1. The van der Waals surface area contributed by atoms with Gasteiger partial charge in [-0.25, -0.2) is 13.1 Å². The van der Waals surface area contributed by atoms with Gasteiger partial charge in [-0.05, 0) is 120 Å². The molecule has 0 aromatic rings. The van der Waals surface area contributed by atoms with Crippen LogP contribution in [0.25, 0.3) is 0 Å². The van der Waals surface area contributed by atoms with E-state index < -0.39 is 15.3 Å². The van der Waals surface area contributed by atoms with Crippen LogP contribution in [-0.2, 0) is 10.0 Å². The lowest BCUT2D eigenvalue weighted by molar-refractivity contribution is 0.168. The van der Waals surface area contributed by atoms with E-state index in [1.165, 1.54) is 77.0 Å². The largest absolute Gasteiger partial charge is 0.309 e. The lowest BCUT2D eigenvalue weighted by Crippen LogP contribution is -2.62. The zero-order valence-electron chi connectivity index (χ0n) is 30.7. The normalized spacial score (nSPS) is 50.4. The molecule has 4 saturated carbocycles. The van der Waals surface area contributed by atoms with E-state index in [9.17, 15) is 8.42 Å². The van der Waals surface area contributed by atoms with Crippen LogP contribution in [0.3, 0.4) is 0 Å². The second kappa shape index (κ2) is 14.7. The molecule has 0 radical (unpaired) electrons. The van der Waals surface area contributed by atoms with E-state index in [1.807, 2.05) is 14.1 Å². The summed E-state index contributed by atoms with van der Waals surface area (Å²) in [5.74, 6) is 3.93. The van der Waals surface area contributed by atoms with Crippen molar-refractivity contribution in [2.45, 2.75) is 157 Å². The summed E-state index contributed by atoms with van der Waals surface area (Å²) in [6.07, 6.45) is 20.7. The summed E-state index contributed by atoms with van der Waals surface area (Å²) in [4.78, 5) is 2.13. The van der Waals surface area contributed by atoms with Gasteiger partial charge >= 0.3 is 0 Å². The smallest absolute Gasteiger partial charge is 0.214 e. The van der Waals surface area contributed by atoms with Crippen LogP contribution in [0.2, 0.25) is 0 Å². The number of sulfonamides is 1. The minimum atomic E-state index is -3.48. The molecule has 17 atom stereocenters. The summed E-state index contributed by atoms with van der Waals surface area (Å²) in [6, 6.07) is 0. The molecule has 5 heterocycles. The Morgan fingerprint density at radius 1 is 0.480 bits per heavy atom. The summed E-state index contributed by atoms with van der Waals surface area (Å²) in [6.45, 7) is 1.39. The van der Waals surface area contributed by atoms with E-state index in [1.54, 1.807) is 0 Å². The zero-order valence-corrected chi connectivity index (χ0v) is 31.5. The molecule has 8 bridgehead atoms. The van der Waals surface area contributed by atoms with Crippen molar-refractivity contribution < 1.29 is 8.42 Å². The van der Waals surface area contributed by atoms with Crippen LogP contribution in [0.5, 0.6) is 0 Å². The van der Waals surface area contributed by atoms with Gasteiger partial charge in [0.25, 0.3) is 0 Å². The fourth-order valence-electron chi connectivity index (χ4n) is 13.1. The van der Waals surface area contributed by atoms with Crippen molar-refractivity contribution in [3.8, 4) is 0 Å². The van der Waals surface area contributed by atoms with E-state index in [2.05, 4.69) is 52.2 Å². The van der Waals surface area contributed by atoms with Crippen molar-refractivity contribution in [3.63, 3.8) is 0 Å². The Bertz CT molecular complexity index is 1290. The van der Waals surface area contributed by atoms with Crippen molar-refractivity contribution in [1.29, 1.82) is 0 Å². The minimum Gasteiger partial charge on any atom is -0.309 e. The van der Waals surface area contributed by atoms with Crippen LogP contribution < -0.4 is 47.3 Å². The molecular formula is C37H68N10O2S. The first-order valence-corrected chi connectivity index (χ1v) is 22.6. The number of fused-ring (bicyclic) bond motifs is 20. The summed E-state index contributed by atoms with van der Waals surface area (Å²) in [7, 11) is 0.618. The lowest BCUT2D eigenvalue weighted by Gasteiger charge is -2.39. The molecule has 50 heavy (non-hydrogen) atoms. The average molecular weight is 717 g/mol. The molecule has 284 valence electrons. The van der Waals surface area contributed by atoms with Crippen molar-refractivity contribution in [2.75, 3.05) is 27.2 Å². The first kappa shape index (κ1) is 35.3. The third kappa shape index (κ3) is 6.64. The summed E-state index contributed by atoms with van der Waals surface area (Å²) in [5.41, 5.74) is 0. The molecule has 0 aromatic carbocycles. The van der Waals surface area contributed by atoms with Crippen molar-refractivity contribution >= 4 is 10.0 Å². The van der Waals surface area contributed by atoms with Crippen molar-refractivity contribution in [1.82, 2.24) is 52.2 Å². The van der Waals surface area contributed by atoms with Gasteiger partial charge in [-0.1, -0.05) is 44.9 Å². The second-order valence-corrected chi connectivity index (χ2v) is 20.3. The van der Waals surface area contributed by atoms with Gasteiger partial charge in [-0.15, -0.1) is 0 Å². The van der Waals surface area contributed by atoms with Crippen LogP contribution in [0, 0.1) is 47.3 Å². The van der Waals surface area contributed by atoms with Crippen LogP contribution in [0.4, 0.5) is 0 Å². The maximum atomic E-state index is 14.2. The molecule has 12 nitrogen and oxygen atoms in total. The van der Waals surface area contributed by atoms with E-state index in [0.29, 0.717) is 60.5 Å². The molecule has 9 aliphatic rings. The molecule has 9 rings (SSSR count). The number of rotatable bonds is 6. The van der Waals surface area contributed by atoms with Gasteiger partial charge in [-0.3, -0.25) is 42.5 Å². The Labute approximate surface area is 301 Å². The summed E-state index contributed by atoms with van der Waals surface area (Å²) >= 11 is 0. The maximum absolute atomic E-state index is 14.2. The molecule has 5 aliphatic heterocycles. The Balaban J connectivity index is 1.03. The van der Waals surface area contributed by atoms with Crippen LogP contribution >= 0.6 is 0 Å². The van der Waals surface area contributed by atoms with Gasteiger partial charge in [0.05, 0.1) is 54.6 Å². The molecule has 0 aromatic heterocycles. The van der Waals surface area contributed by atoms with Crippen molar-refractivity contribution in [2.24, 2.45) is 47.3 Å². The Morgan fingerprint density at radius 2 is 0.820 bits per heavy atom. The van der Waals surface area contributed by atoms with Gasteiger partial charge in [0.1, 0.15) is 0 Å². The predicted molar refractivity (Wildman–Crippen MR) is 196 cm³/mol. The quantitative estimate of drug-likeness (QED) is 0.184. The Kier molecular flexibility index (Phi) is 10.3. The molecule has 17 unspecified atom stereocenters. The molecule has 13 heteroatoms. The van der Waals surface area contributed by atoms with Gasteiger partial charge in [-0.2, -0.15) is 0 Å². The zero-order chi connectivity index (χ0) is 34.0. The van der Waals surface area contributed by atoms with E-state index >= 15 is 0 Å². The highest BCUT2D eigenvalue weighted by molar-refractivity contribution is 7.90. The molecule has 5 saturated heterocycles. The van der Waals surface area contributed by atoms with Crippen molar-refractivity contribution in [3.05, 3.63) is 0 Å². The Hall–Kier alpha value is -0.450. The highest BCUT2D eigenvalue weighted by atomic mass is 32.2. The molecular weight excluding hydrogens is 649 g/mol. The molecule has 9 fully saturated rings. The van der Waals surface area contributed by atoms with Gasteiger partial charge in [0.15, 0.2) is 0 Å². The van der Waals surface area contributed by atoms with E-state index in [-0.39, 0.29) is 42.7 Å². The summed E-state index contributed by atoms with van der Waals surface area (Å²) in [5, 5.41) is 32.9.